The van der Waals surface area contributed by atoms with Gasteiger partial charge in [0, 0.05) is 24.3 Å². The highest BCUT2D eigenvalue weighted by molar-refractivity contribution is 5.83. The van der Waals surface area contributed by atoms with Gasteiger partial charge in [-0.1, -0.05) is 0 Å². The molecule has 0 bridgehead atoms. The van der Waals surface area contributed by atoms with Gasteiger partial charge in [0.15, 0.2) is 6.29 Å². The van der Waals surface area contributed by atoms with Crippen molar-refractivity contribution in [3.63, 3.8) is 0 Å². The fraction of sp³-hybridized carbons (Fsp3) is 0.357. The molecule has 0 aromatic heterocycles. The van der Waals surface area contributed by atoms with Gasteiger partial charge in [-0.3, -0.25) is 4.79 Å². The van der Waals surface area contributed by atoms with Crippen molar-refractivity contribution in [2.24, 2.45) is 0 Å². The third-order valence-electron chi connectivity index (χ3n) is 2.71. The summed E-state index contributed by atoms with van der Waals surface area (Å²) in [6.07, 6.45) is 4.24. The van der Waals surface area contributed by atoms with Gasteiger partial charge in [-0.15, -0.1) is 0 Å². The summed E-state index contributed by atoms with van der Waals surface area (Å²) in [6, 6.07) is 5.82. The lowest BCUT2D eigenvalue weighted by Crippen LogP contribution is -2.21. The smallest absolute Gasteiger partial charge is 0.150 e. The Labute approximate surface area is 103 Å². The van der Waals surface area contributed by atoms with Crippen molar-refractivity contribution in [3.05, 3.63) is 35.6 Å². The van der Waals surface area contributed by atoms with E-state index in [1.807, 2.05) is 18.2 Å². The van der Waals surface area contributed by atoms with Crippen LogP contribution in [0.3, 0.4) is 0 Å². The zero-order valence-corrected chi connectivity index (χ0v) is 10.6. The zero-order valence-electron chi connectivity index (χ0n) is 10.6. The van der Waals surface area contributed by atoms with Crippen LogP contribution in [0.5, 0.6) is 0 Å². The number of nitrogens with zero attached hydrogens (tertiary/aromatic N) is 1. The van der Waals surface area contributed by atoms with E-state index in [-0.39, 0.29) is 0 Å². The minimum atomic E-state index is 0.675. The lowest BCUT2D eigenvalue weighted by Gasteiger charge is -2.21. The summed E-state index contributed by atoms with van der Waals surface area (Å²) >= 11 is 0. The summed E-state index contributed by atoms with van der Waals surface area (Å²) in [5.74, 6) is 0. The topological polar surface area (TPSA) is 29.5 Å². The first-order valence-electron chi connectivity index (χ1n) is 5.80. The van der Waals surface area contributed by atoms with Crippen LogP contribution in [0.1, 0.15) is 29.8 Å². The molecule has 1 rings (SSSR count). The Bertz CT molecular complexity index is 395. The van der Waals surface area contributed by atoms with E-state index in [9.17, 15) is 4.79 Å². The highest BCUT2D eigenvalue weighted by atomic mass is 16.5. The largest absolute Gasteiger partial charge is 0.504 e. The highest BCUT2D eigenvalue weighted by Crippen LogP contribution is 2.20. The number of hydrogen-bond donors (Lipinski definition) is 0. The van der Waals surface area contributed by atoms with Crippen LogP contribution in [0.4, 0.5) is 5.69 Å². The van der Waals surface area contributed by atoms with E-state index < -0.39 is 0 Å². The summed E-state index contributed by atoms with van der Waals surface area (Å²) < 4.78 is 4.89. The number of hydrogen-bond acceptors (Lipinski definition) is 3. The summed E-state index contributed by atoms with van der Waals surface area (Å²) in [7, 11) is 1.59. The van der Waals surface area contributed by atoms with Crippen molar-refractivity contribution in [1.82, 2.24) is 0 Å². The molecular formula is C14H19NO2. The number of carbonyl (C=O) groups excluding carboxylic acids is 1. The number of benzene rings is 1. The number of ether oxygens (including phenoxy) is 1. The average molecular weight is 233 g/mol. The van der Waals surface area contributed by atoms with Crippen LogP contribution >= 0.6 is 0 Å². The Balaban J connectivity index is 3.11. The van der Waals surface area contributed by atoms with Crippen molar-refractivity contribution < 1.29 is 9.53 Å². The minimum Gasteiger partial charge on any atom is -0.504 e. The van der Waals surface area contributed by atoms with Gasteiger partial charge in [-0.2, -0.15) is 0 Å². The van der Waals surface area contributed by atoms with E-state index in [4.69, 9.17) is 4.74 Å². The van der Waals surface area contributed by atoms with Gasteiger partial charge >= 0.3 is 0 Å². The van der Waals surface area contributed by atoms with E-state index in [0.29, 0.717) is 5.56 Å². The first-order valence-corrected chi connectivity index (χ1v) is 5.80. The van der Waals surface area contributed by atoms with Gasteiger partial charge in [0.1, 0.15) is 0 Å². The van der Waals surface area contributed by atoms with Gasteiger partial charge in [0.2, 0.25) is 0 Å². The quantitative estimate of drug-likeness (QED) is 0.559. The molecule has 0 fully saturated rings. The lowest BCUT2D eigenvalue weighted by molar-refractivity contribution is 0.112. The van der Waals surface area contributed by atoms with Gasteiger partial charge in [0.05, 0.1) is 13.4 Å². The lowest BCUT2D eigenvalue weighted by atomic mass is 10.1. The molecule has 0 heterocycles. The summed E-state index contributed by atoms with van der Waals surface area (Å²) in [5.41, 5.74) is 2.68. The number of rotatable bonds is 6. The standard InChI is InChI=1S/C14H19NO2/c1-4-15(5-2)14-7-6-13(11-16)12(10-14)8-9-17-3/h6-11H,4-5H2,1-3H3/b9-8+. The van der Waals surface area contributed by atoms with Crippen LogP contribution in [-0.4, -0.2) is 26.5 Å². The van der Waals surface area contributed by atoms with E-state index in [1.165, 1.54) is 0 Å². The van der Waals surface area contributed by atoms with E-state index >= 15 is 0 Å². The van der Waals surface area contributed by atoms with Crippen LogP contribution in [0.15, 0.2) is 24.5 Å². The number of methoxy groups -OCH3 is 1. The molecule has 0 aliphatic heterocycles. The maximum atomic E-state index is 10.9. The molecule has 0 radical (unpaired) electrons. The molecule has 0 atom stereocenters. The molecule has 0 aliphatic rings. The Morgan fingerprint density at radius 1 is 1.24 bits per heavy atom. The van der Waals surface area contributed by atoms with E-state index in [2.05, 4.69) is 18.7 Å². The van der Waals surface area contributed by atoms with Crippen molar-refractivity contribution in [3.8, 4) is 0 Å². The van der Waals surface area contributed by atoms with Crippen molar-refractivity contribution in [1.29, 1.82) is 0 Å². The van der Waals surface area contributed by atoms with Crippen molar-refractivity contribution in [2.75, 3.05) is 25.1 Å². The molecule has 0 N–H and O–H groups in total. The number of anilines is 1. The molecule has 0 unspecified atom stereocenters. The fourth-order valence-corrected chi connectivity index (χ4v) is 1.74. The van der Waals surface area contributed by atoms with Crippen LogP contribution in [0, 0.1) is 0 Å². The molecule has 0 saturated carbocycles. The summed E-state index contributed by atoms with van der Waals surface area (Å²) in [5, 5.41) is 0. The van der Waals surface area contributed by atoms with Crippen molar-refractivity contribution in [2.45, 2.75) is 13.8 Å². The minimum absolute atomic E-state index is 0.675. The second-order valence-electron chi connectivity index (χ2n) is 3.64. The SMILES string of the molecule is CCN(CC)c1ccc(C=O)c(/C=C/OC)c1. The summed E-state index contributed by atoms with van der Waals surface area (Å²) in [6.45, 7) is 6.12. The first-order chi connectivity index (χ1) is 8.26. The first kappa shape index (κ1) is 13.3. The van der Waals surface area contributed by atoms with Crippen LogP contribution in [0.2, 0.25) is 0 Å². The predicted molar refractivity (Wildman–Crippen MR) is 71.4 cm³/mol. The highest BCUT2D eigenvalue weighted by Gasteiger charge is 2.05. The average Bonchev–Trinajstić information content (AvgIpc) is 2.38. The van der Waals surface area contributed by atoms with Crippen LogP contribution in [0.25, 0.3) is 6.08 Å². The molecule has 1 aromatic carbocycles. The maximum absolute atomic E-state index is 10.9. The van der Waals surface area contributed by atoms with Gasteiger partial charge in [-0.25, -0.2) is 0 Å². The molecule has 0 amide bonds. The third kappa shape index (κ3) is 3.34. The molecule has 92 valence electrons. The number of aldehydes is 1. The molecule has 3 nitrogen and oxygen atoms in total. The Kier molecular flexibility index (Phi) is 5.27. The molecule has 0 aliphatic carbocycles. The monoisotopic (exact) mass is 233 g/mol. The van der Waals surface area contributed by atoms with Gasteiger partial charge in [0.25, 0.3) is 0 Å². The van der Waals surface area contributed by atoms with E-state index in [0.717, 1.165) is 30.6 Å². The third-order valence-corrected chi connectivity index (χ3v) is 2.71. The Morgan fingerprint density at radius 3 is 2.47 bits per heavy atom. The van der Waals surface area contributed by atoms with Crippen LogP contribution in [-0.2, 0) is 4.74 Å². The molecule has 17 heavy (non-hydrogen) atoms. The molecule has 0 spiro atoms. The molecule has 3 heteroatoms. The Morgan fingerprint density at radius 2 is 1.94 bits per heavy atom. The molecular weight excluding hydrogens is 214 g/mol. The molecule has 0 saturated heterocycles. The second-order valence-corrected chi connectivity index (χ2v) is 3.64. The van der Waals surface area contributed by atoms with Crippen molar-refractivity contribution >= 4 is 18.0 Å². The molecule has 1 aromatic rings. The van der Waals surface area contributed by atoms with Gasteiger partial charge in [-0.05, 0) is 43.7 Å². The summed E-state index contributed by atoms with van der Waals surface area (Å²) in [4.78, 5) is 13.2. The van der Waals surface area contributed by atoms with Crippen LogP contribution < -0.4 is 4.90 Å². The fourth-order valence-electron chi connectivity index (χ4n) is 1.74. The second kappa shape index (κ2) is 6.74. The normalized spacial score (nSPS) is 10.5. The number of carbonyl (C=O) groups is 1. The van der Waals surface area contributed by atoms with Gasteiger partial charge < -0.3 is 9.64 Å². The Hall–Kier alpha value is -1.77. The maximum Gasteiger partial charge on any atom is 0.150 e. The predicted octanol–water partition coefficient (Wildman–Crippen LogP) is 2.96. The zero-order chi connectivity index (χ0) is 12.7. The van der Waals surface area contributed by atoms with E-state index in [1.54, 1.807) is 19.4 Å².